The van der Waals surface area contributed by atoms with Crippen LogP contribution in [0.2, 0.25) is 5.02 Å². The third kappa shape index (κ3) is 3.53. The first-order valence-electron chi connectivity index (χ1n) is 6.29. The van der Waals surface area contributed by atoms with Gasteiger partial charge in [-0.25, -0.2) is 9.97 Å². The summed E-state index contributed by atoms with van der Waals surface area (Å²) in [5.74, 6) is 0.0359. The number of nitrogens with zero attached hydrogens (tertiary/aromatic N) is 3. The molecule has 1 fully saturated rings. The number of ether oxygens (including phenoxy) is 1. The van der Waals surface area contributed by atoms with E-state index in [2.05, 4.69) is 25.9 Å². The Morgan fingerprint density at radius 3 is 2.90 bits per heavy atom. The first-order valence-corrected chi connectivity index (χ1v) is 8.34. The summed E-state index contributed by atoms with van der Waals surface area (Å²) in [7, 11) is 0. The van der Waals surface area contributed by atoms with Gasteiger partial charge in [0.15, 0.2) is 0 Å². The number of likely N-dealkylation sites (tertiary alicyclic amines) is 1. The van der Waals surface area contributed by atoms with E-state index in [0.29, 0.717) is 18.1 Å². The number of hydrogen-bond donors (Lipinski definition) is 0. The number of thiophene rings is 1. The zero-order valence-corrected chi connectivity index (χ0v) is 14.0. The SMILES string of the molecule is O=C(c1cc(Br)cs1)N1CCC(Oc2ncc(Cl)cn2)C1. The molecule has 1 unspecified atom stereocenters. The van der Waals surface area contributed by atoms with Crippen LogP contribution in [0.15, 0.2) is 28.3 Å². The van der Waals surface area contributed by atoms with Crippen LogP contribution >= 0.6 is 38.9 Å². The Balaban J connectivity index is 1.60. The van der Waals surface area contributed by atoms with Crippen molar-refractivity contribution in [3.63, 3.8) is 0 Å². The van der Waals surface area contributed by atoms with E-state index < -0.39 is 0 Å². The first kappa shape index (κ1) is 14.7. The van der Waals surface area contributed by atoms with E-state index in [-0.39, 0.29) is 18.0 Å². The molecule has 3 heterocycles. The van der Waals surface area contributed by atoms with Gasteiger partial charge in [0.25, 0.3) is 5.91 Å². The molecule has 0 spiro atoms. The van der Waals surface area contributed by atoms with Crippen LogP contribution in [0.25, 0.3) is 0 Å². The molecule has 1 aliphatic rings. The Morgan fingerprint density at radius 1 is 1.48 bits per heavy atom. The van der Waals surface area contributed by atoms with E-state index in [1.165, 1.54) is 23.7 Å². The van der Waals surface area contributed by atoms with Crippen LogP contribution < -0.4 is 4.74 Å². The van der Waals surface area contributed by atoms with Gasteiger partial charge in [0, 0.05) is 22.8 Å². The molecule has 8 heteroatoms. The molecule has 3 rings (SSSR count). The maximum Gasteiger partial charge on any atom is 0.316 e. The summed E-state index contributed by atoms with van der Waals surface area (Å²) in [5.41, 5.74) is 0. The van der Waals surface area contributed by atoms with Crippen molar-refractivity contribution in [3.8, 4) is 6.01 Å². The normalized spacial score (nSPS) is 18.0. The lowest BCUT2D eigenvalue weighted by Crippen LogP contribution is -2.30. The van der Waals surface area contributed by atoms with E-state index in [0.717, 1.165) is 15.8 Å². The zero-order chi connectivity index (χ0) is 14.8. The summed E-state index contributed by atoms with van der Waals surface area (Å²) in [4.78, 5) is 22.8. The maximum absolute atomic E-state index is 12.3. The van der Waals surface area contributed by atoms with Crippen LogP contribution in [0.4, 0.5) is 0 Å². The summed E-state index contributed by atoms with van der Waals surface area (Å²) in [5, 5.41) is 2.37. The molecular weight excluding hydrogens is 378 g/mol. The fourth-order valence-corrected chi connectivity index (χ4v) is 3.59. The van der Waals surface area contributed by atoms with Crippen LogP contribution in [-0.4, -0.2) is 40.0 Å². The van der Waals surface area contributed by atoms with Crippen molar-refractivity contribution >= 4 is 44.8 Å². The van der Waals surface area contributed by atoms with Gasteiger partial charge in [0.2, 0.25) is 0 Å². The molecule has 0 N–H and O–H groups in total. The highest BCUT2D eigenvalue weighted by molar-refractivity contribution is 9.10. The molecule has 1 amide bonds. The second-order valence-electron chi connectivity index (χ2n) is 4.59. The van der Waals surface area contributed by atoms with Crippen LogP contribution in [0, 0.1) is 0 Å². The molecule has 21 heavy (non-hydrogen) atoms. The quantitative estimate of drug-likeness (QED) is 0.810. The van der Waals surface area contributed by atoms with Crippen molar-refractivity contribution in [2.24, 2.45) is 0 Å². The Morgan fingerprint density at radius 2 is 2.24 bits per heavy atom. The Hall–Kier alpha value is -1.18. The van der Waals surface area contributed by atoms with E-state index in [1.54, 1.807) is 4.90 Å². The minimum absolute atomic E-state index is 0.0359. The second-order valence-corrected chi connectivity index (χ2v) is 6.86. The minimum Gasteiger partial charge on any atom is -0.458 e. The molecule has 0 radical (unpaired) electrons. The molecule has 2 aromatic rings. The maximum atomic E-state index is 12.3. The van der Waals surface area contributed by atoms with Gasteiger partial charge in [-0.3, -0.25) is 4.79 Å². The molecule has 0 aliphatic carbocycles. The molecule has 2 aromatic heterocycles. The molecule has 0 bridgehead atoms. The average Bonchev–Trinajstić information content (AvgIpc) is 3.10. The third-order valence-corrected chi connectivity index (χ3v) is 4.95. The highest BCUT2D eigenvalue weighted by Crippen LogP contribution is 2.24. The molecule has 5 nitrogen and oxygen atoms in total. The minimum atomic E-state index is -0.0847. The summed E-state index contributed by atoms with van der Waals surface area (Å²) in [6.45, 7) is 1.22. The van der Waals surface area contributed by atoms with Crippen molar-refractivity contribution in [1.82, 2.24) is 14.9 Å². The summed E-state index contributed by atoms with van der Waals surface area (Å²) in [6, 6.07) is 2.13. The average molecular weight is 389 g/mol. The van der Waals surface area contributed by atoms with Crippen molar-refractivity contribution in [2.45, 2.75) is 12.5 Å². The number of aromatic nitrogens is 2. The highest BCUT2D eigenvalue weighted by Gasteiger charge is 2.29. The van der Waals surface area contributed by atoms with Gasteiger partial charge in [-0.05, 0) is 22.0 Å². The molecule has 1 atom stereocenters. The summed E-state index contributed by atoms with van der Waals surface area (Å²) >= 11 is 10.5. The van der Waals surface area contributed by atoms with Gasteiger partial charge in [-0.2, -0.15) is 0 Å². The predicted molar refractivity (Wildman–Crippen MR) is 84.0 cm³/mol. The monoisotopic (exact) mass is 387 g/mol. The third-order valence-electron chi connectivity index (χ3n) is 3.08. The number of amides is 1. The van der Waals surface area contributed by atoms with Gasteiger partial charge < -0.3 is 9.64 Å². The number of carbonyl (C=O) groups is 1. The van der Waals surface area contributed by atoms with Crippen LogP contribution in [-0.2, 0) is 0 Å². The zero-order valence-electron chi connectivity index (χ0n) is 10.8. The largest absolute Gasteiger partial charge is 0.458 e. The predicted octanol–water partition coefficient (Wildman–Crippen LogP) is 3.25. The van der Waals surface area contributed by atoms with E-state index in [4.69, 9.17) is 16.3 Å². The van der Waals surface area contributed by atoms with Crippen molar-refractivity contribution < 1.29 is 9.53 Å². The van der Waals surface area contributed by atoms with Crippen molar-refractivity contribution in [2.75, 3.05) is 13.1 Å². The first-order chi connectivity index (χ1) is 10.1. The van der Waals surface area contributed by atoms with Gasteiger partial charge >= 0.3 is 6.01 Å². The van der Waals surface area contributed by atoms with Crippen LogP contribution in [0.3, 0.4) is 0 Å². The van der Waals surface area contributed by atoms with E-state index in [1.807, 2.05) is 11.4 Å². The standard InChI is InChI=1S/C13H11BrClN3O2S/c14-8-3-11(21-7-8)12(19)18-2-1-10(6-18)20-13-16-4-9(15)5-17-13/h3-5,7,10H,1-2,6H2. The highest BCUT2D eigenvalue weighted by atomic mass is 79.9. The van der Waals surface area contributed by atoms with Crippen molar-refractivity contribution in [1.29, 1.82) is 0 Å². The van der Waals surface area contributed by atoms with Crippen LogP contribution in [0.5, 0.6) is 6.01 Å². The number of hydrogen-bond acceptors (Lipinski definition) is 5. The Labute approximate surface area is 139 Å². The number of rotatable bonds is 3. The smallest absolute Gasteiger partial charge is 0.316 e. The molecule has 1 saturated heterocycles. The van der Waals surface area contributed by atoms with E-state index >= 15 is 0 Å². The van der Waals surface area contributed by atoms with E-state index in [9.17, 15) is 4.79 Å². The topological polar surface area (TPSA) is 55.3 Å². The fourth-order valence-electron chi connectivity index (χ4n) is 2.10. The van der Waals surface area contributed by atoms with Gasteiger partial charge in [0.05, 0.1) is 28.8 Å². The Kier molecular flexibility index (Phi) is 4.42. The van der Waals surface area contributed by atoms with Gasteiger partial charge in [-0.15, -0.1) is 11.3 Å². The lowest BCUT2D eigenvalue weighted by atomic mass is 10.3. The number of halogens is 2. The molecule has 0 saturated carbocycles. The fraction of sp³-hybridized carbons (Fsp3) is 0.308. The van der Waals surface area contributed by atoms with Crippen molar-refractivity contribution in [3.05, 3.63) is 38.2 Å². The molecular formula is C13H11BrClN3O2S. The molecule has 0 aromatic carbocycles. The second kappa shape index (κ2) is 6.29. The molecule has 110 valence electrons. The Bertz CT molecular complexity index is 649. The number of carbonyl (C=O) groups excluding carboxylic acids is 1. The van der Waals surface area contributed by atoms with Crippen LogP contribution in [0.1, 0.15) is 16.1 Å². The van der Waals surface area contributed by atoms with Gasteiger partial charge in [-0.1, -0.05) is 11.6 Å². The van der Waals surface area contributed by atoms with Gasteiger partial charge in [0.1, 0.15) is 6.10 Å². The lowest BCUT2D eigenvalue weighted by molar-refractivity contribution is 0.0774. The summed E-state index contributed by atoms with van der Waals surface area (Å²) < 4.78 is 6.60. The lowest BCUT2D eigenvalue weighted by Gasteiger charge is -2.15. The molecule has 1 aliphatic heterocycles. The summed E-state index contributed by atoms with van der Waals surface area (Å²) in [6.07, 6.45) is 3.67.